The average molecular weight is 161 g/mol. The molecule has 4 nitrogen and oxygen atoms in total. The van der Waals surface area contributed by atoms with Crippen molar-refractivity contribution < 1.29 is 15.0 Å². The highest BCUT2D eigenvalue weighted by Crippen LogP contribution is 1.87. The van der Waals surface area contributed by atoms with Crippen LogP contribution in [-0.2, 0) is 4.79 Å². The van der Waals surface area contributed by atoms with Crippen LogP contribution in [0.1, 0.15) is 20.3 Å². The van der Waals surface area contributed by atoms with Gasteiger partial charge in [0.05, 0.1) is 6.10 Å². The second-order valence-corrected chi connectivity index (χ2v) is 2.48. The molecule has 0 aromatic rings. The highest BCUT2D eigenvalue weighted by Gasteiger charge is 2.09. The van der Waals surface area contributed by atoms with E-state index in [2.05, 4.69) is 5.32 Å². The number of carbonyl (C=O) groups excluding carboxylic acids is 1. The number of nitrogens with one attached hydrogen (secondary N) is 1. The largest absolute Gasteiger partial charge is 0.391 e. The zero-order valence-corrected chi connectivity index (χ0v) is 6.87. The Balaban J connectivity index is 3.46. The predicted octanol–water partition coefficient (Wildman–Crippen LogP) is -0.746. The van der Waals surface area contributed by atoms with E-state index in [4.69, 9.17) is 10.2 Å². The molecule has 3 N–H and O–H groups in total. The summed E-state index contributed by atoms with van der Waals surface area (Å²) < 4.78 is 0. The van der Waals surface area contributed by atoms with Gasteiger partial charge in [-0.25, -0.2) is 0 Å². The average Bonchev–Trinajstić information content (AvgIpc) is 1.99. The van der Waals surface area contributed by atoms with E-state index < -0.39 is 18.1 Å². The molecule has 0 radical (unpaired) electrons. The Morgan fingerprint density at radius 3 is 2.45 bits per heavy atom. The lowest BCUT2D eigenvalue weighted by Gasteiger charge is -2.10. The third-order valence-corrected chi connectivity index (χ3v) is 1.36. The van der Waals surface area contributed by atoms with E-state index in [0.717, 1.165) is 0 Å². The highest BCUT2D eigenvalue weighted by atomic mass is 16.3. The predicted molar refractivity (Wildman–Crippen MR) is 41.0 cm³/mol. The third kappa shape index (κ3) is 4.75. The fourth-order valence-corrected chi connectivity index (χ4v) is 0.510. The summed E-state index contributed by atoms with van der Waals surface area (Å²) in [4.78, 5) is 10.7. The standard InChI is InChI=1S/C7H15NO3/c1-3-6(10)4-8-7(11)5(2)9/h5-6,9-10H,3-4H2,1-2H3,(H,8,11)/t5-,6?/m0/s1. The van der Waals surface area contributed by atoms with Crippen LogP contribution in [0.4, 0.5) is 0 Å². The molecule has 1 amide bonds. The van der Waals surface area contributed by atoms with Gasteiger partial charge < -0.3 is 15.5 Å². The van der Waals surface area contributed by atoms with E-state index in [-0.39, 0.29) is 6.54 Å². The van der Waals surface area contributed by atoms with Crippen molar-refractivity contribution in [2.75, 3.05) is 6.54 Å². The van der Waals surface area contributed by atoms with Gasteiger partial charge in [-0.2, -0.15) is 0 Å². The number of hydrogen-bond donors (Lipinski definition) is 3. The molecule has 0 aliphatic rings. The summed E-state index contributed by atoms with van der Waals surface area (Å²) in [6, 6.07) is 0. The van der Waals surface area contributed by atoms with Crippen molar-refractivity contribution in [1.29, 1.82) is 0 Å². The first-order chi connectivity index (χ1) is 5.07. The molecule has 0 spiro atoms. The van der Waals surface area contributed by atoms with Crippen molar-refractivity contribution in [3.63, 3.8) is 0 Å². The normalized spacial score (nSPS) is 15.6. The topological polar surface area (TPSA) is 69.6 Å². The van der Waals surface area contributed by atoms with Gasteiger partial charge in [-0.3, -0.25) is 4.79 Å². The van der Waals surface area contributed by atoms with Crippen molar-refractivity contribution in [3.05, 3.63) is 0 Å². The Morgan fingerprint density at radius 1 is 1.55 bits per heavy atom. The molecule has 4 heteroatoms. The molecule has 0 rings (SSSR count). The molecular formula is C7H15NO3. The summed E-state index contributed by atoms with van der Waals surface area (Å²) in [6.45, 7) is 3.41. The lowest BCUT2D eigenvalue weighted by molar-refractivity contribution is -0.128. The van der Waals surface area contributed by atoms with Crippen molar-refractivity contribution in [2.45, 2.75) is 32.5 Å². The maximum Gasteiger partial charge on any atom is 0.248 e. The van der Waals surface area contributed by atoms with Crippen LogP contribution in [0.15, 0.2) is 0 Å². The van der Waals surface area contributed by atoms with Crippen molar-refractivity contribution in [3.8, 4) is 0 Å². The zero-order valence-electron chi connectivity index (χ0n) is 6.87. The van der Waals surface area contributed by atoms with Gasteiger partial charge in [0.1, 0.15) is 6.10 Å². The van der Waals surface area contributed by atoms with E-state index in [9.17, 15) is 4.79 Å². The fraction of sp³-hybridized carbons (Fsp3) is 0.857. The number of amides is 1. The second-order valence-electron chi connectivity index (χ2n) is 2.48. The van der Waals surface area contributed by atoms with Crippen molar-refractivity contribution in [1.82, 2.24) is 5.32 Å². The molecular weight excluding hydrogens is 146 g/mol. The Bertz CT molecular complexity index is 125. The zero-order chi connectivity index (χ0) is 8.85. The molecule has 11 heavy (non-hydrogen) atoms. The summed E-state index contributed by atoms with van der Waals surface area (Å²) in [5.41, 5.74) is 0. The molecule has 0 saturated carbocycles. The molecule has 0 aliphatic heterocycles. The van der Waals surface area contributed by atoms with E-state index in [0.29, 0.717) is 6.42 Å². The molecule has 0 heterocycles. The molecule has 0 aromatic carbocycles. The van der Waals surface area contributed by atoms with Gasteiger partial charge in [0.15, 0.2) is 0 Å². The van der Waals surface area contributed by atoms with Crippen LogP contribution in [0, 0.1) is 0 Å². The minimum absolute atomic E-state index is 0.209. The highest BCUT2D eigenvalue weighted by molar-refractivity contribution is 5.79. The number of carbonyl (C=O) groups is 1. The first kappa shape index (κ1) is 10.4. The van der Waals surface area contributed by atoms with Crippen LogP contribution in [-0.4, -0.2) is 34.9 Å². The van der Waals surface area contributed by atoms with E-state index in [1.165, 1.54) is 6.92 Å². The first-order valence-corrected chi connectivity index (χ1v) is 3.71. The SMILES string of the molecule is CCC(O)CNC(=O)[C@H](C)O. The summed E-state index contributed by atoms with van der Waals surface area (Å²) in [7, 11) is 0. The first-order valence-electron chi connectivity index (χ1n) is 3.71. The van der Waals surface area contributed by atoms with Gasteiger partial charge in [-0.05, 0) is 13.3 Å². The van der Waals surface area contributed by atoms with Crippen molar-refractivity contribution in [2.24, 2.45) is 0 Å². The van der Waals surface area contributed by atoms with E-state index in [1.807, 2.05) is 6.92 Å². The van der Waals surface area contributed by atoms with Crippen LogP contribution in [0.25, 0.3) is 0 Å². The Kier molecular flexibility index (Phi) is 4.81. The third-order valence-electron chi connectivity index (χ3n) is 1.36. The maximum atomic E-state index is 10.7. The fourth-order valence-electron chi connectivity index (χ4n) is 0.510. The molecule has 1 unspecified atom stereocenters. The molecule has 0 fully saturated rings. The molecule has 0 saturated heterocycles. The van der Waals surface area contributed by atoms with E-state index in [1.54, 1.807) is 0 Å². The molecule has 2 atom stereocenters. The van der Waals surface area contributed by atoms with E-state index >= 15 is 0 Å². The van der Waals surface area contributed by atoms with Crippen LogP contribution >= 0.6 is 0 Å². The smallest absolute Gasteiger partial charge is 0.248 e. The summed E-state index contributed by atoms with van der Waals surface area (Å²) in [5, 5.41) is 20.1. The van der Waals surface area contributed by atoms with Crippen LogP contribution in [0.5, 0.6) is 0 Å². The number of aliphatic hydroxyl groups excluding tert-OH is 2. The van der Waals surface area contributed by atoms with Crippen LogP contribution in [0.2, 0.25) is 0 Å². The molecule has 66 valence electrons. The number of aliphatic hydroxyl groups is 2. The minimum Gasteiger partial charge on any atom is -0.391 e. The lowest BCUT2D eigenvalue weighted by Crippen LogP contribution is -2.37. The summed E-state index contributed by atoms with van der Waals surface area (Å²) >= 11 is 0. The number of rotatable bonds is 4. The van der Waals surface area contributed by atoms with Crippen LogP contribution in [0.3, 0.4) is 0 Å². The Labute approximate surface area is 66.2 Å². The number of hydrogen-bond acceptors (Lipinski definition) is 3. The Morgan fingerprint density at radius 2 is 2.09 bits per heavy atom. The Hall–Kier alpha value is -0.610. The summed E-state index contributed by atoms with van der Waals surface area (Å²) in [6.07, 6.45) is -0.920. The molecule has 0 aromatic heterocycles. The van der Waals surface area contributed by atoms with Crippen LogP contribution < -0.4 is 5.32 Å². The van der Waals surface area contributed by atoms with Crippen molar-refractivity contribution >= 4 is 5.91 Å². The molecule has 0 bridgehead atoms. The molecule has 0 aliphatic carbocycles. The van der Waals surface area contributed by atoms with Gasteiger partial charge >= 0.3 is 0 Å². The monoisotopic (exact) mass is 161 g/mol. The second kappa shape index (κ2) is 5.09. The lowest BCUT2D eigenvalue weighted by atomic mass is 10.2. The quantitative estimate of drug-likeness (QED) is 0.508. The van der Waals surface area contributed by atoms with Gasteiger partial charge in [0, 0.05) is 6.54 Å². The maximum absolute atomic E-state index is 10.7. The summed E-state index contributed by atoms with van der Waals surface area (Å²) in [5.74, 6) is -0.447. The van der Waals surface area contributed by atoms with Gasteiger partial charge in [-0.1, -0.05) is 6.92 Å². The van der Waals surface area contributed by atoms with Gasteiger partial charge in [0.2, 0.25) is 5.91 Å². The van der Waals surface area contributed by atoms with Gasteiger partial charge in [-0.15, -0.1) is 0 Å². The van der Waals surface area contributed by atoms with Gasteiger partial charge in [0.25, 0.3) is 0 Å². The minimum atomic E-state index is -1.00.